The van der Waals surface area contributed by atoms with Gasteiger partial charge in [0.2, 0.25) is 0 Å². The lowest BCUT2D eigenvalue weighted by molar-refractivity contribution is 0.0758. The van der Waals surface area contributed by atoms with Crippen molar-refractivity contribution in [2.45, 2.75) is 12.8 Å². The van der Waals surface area contributed by atoms with Crippen LogP contribution in [0.25, 0.3) is 0 Å². The SMILES string of the molecule is CN(C)CCNc1ncnc2c1CCN(C(=O)c1cscn1)CC2. The van der Waals surface area contributed by atoms with Crippen molar-refractivity contribution in [2.75, 3.05) is 45.6 Å². The van der Waals surface area contributed by atoms with Crippen LogP contribution in [-0.4, -0.2) is 70.9 Å². The molecule has 24 heavy (non-hydrogen) atoms. The lowest BCUT2D eigenvalue weighted by Crippen LogP contribution is -2.33. The van der Waals surface area contributed by atoms with Crippen LogP contribution in [-0.2, 0) is 12.8 Å². The predicted octanol–water partition coefficient (Wildman–Crippen LogP) is 1.15. The van der Waals surface area contributed by atoms with Crippen molar-refractivity contribution in [2.24, 2.45) is 0 Å². The van der Waals surface area contributed by atoms with Crippen molar-refractivity contribution in [3.05, 3.63) is 34.2 Å². The summed E-state index contributed by atoms with van der Waals surface area (Å²) in [4.78, 5) is 29.4. The summed E-state index contributed by atoms with van der Waals surface area (Å²) in [6.45, 7) is 3.10. The zero-order chi connectivity index (χ0) is 16.9. The minimum absolute atomic E-state index is 0.000803. The minimum atomic E-state index is -0.000803. The third-order valence-electron chi connectivity index (χ3n) is 4.07. The van der Waals surface area contributed by atoms with Crippen molar-refractivity contribution < 1.29 is 4.79 Å². The van der Waals surface area contributed by atoms with E-state index in [0.717, 1.165) is 43.0 Å². The standard InChI is InChI=1S/C16H22N6OS/c1-21(2)8-5-17-15-12-3-6-22(7-4-13(12)18-10-19-15)16(23)14-9-24-11-20-14/h9-11H,3-8H2,1-2H3,(H,17,18,19). The van der Waals surface area contributed by atoms with Crippen LogP contribution in [0, 0.1) is 0 Å². The Morgan fingerprint density at radius 2 is 2.12 bits per heavy atom. The maximum absolute atomic E-state index is 12.5. The molecule has 8 heteroatoms. The first kappa shape index (κ1) is 16.8. The molecule has 0 aliphatic carbocycles. The molecule has 1 amide bonds. The van der Waals surface area contributed by atoms with Crippen molar-refractivity contribution in [1.29, 1.82) is 0 Å². The van der Waals surface area contributed by atoms with Crippen LogP contribution in [0.5, 0.6) is 0 Å². The molecule has 1 N–H and O–H groups in total. The predicted molar refractivity (Wildman–Crippen MR) is 94.5 cm³/mol. The number of anilines is 1. The maximum Gasteiger partial charge on any atom is 0.273 e. The number of hydrogen-bond donors (Lipinski definition) is 1. The summed E-state index contributed by atoms with van der Waals surface area (Å²) in [6.07, 6.45) is 3.11. The fraction of sp³-hybridized carbons (Fsp3) is 0.500. The second kappa shape index (κ2) is 7.67. The molecule has 0 unspecified atom stereocenters. The van der Waals surface area contributed by atoms with Gasteiger partial charge in [0.1, 0.15) is 17.8 Å². The number of nitrogens with one attached hydrogen (secondary N) is 1. The van der Waals surface area contributed by atoms with Gasteiger partial charge in [-0.05, 0) is 20.5 Å². The molecule has 7 nitrogen and oxygen atoms in total. The van der Waals surface area contributed by atoms with Crippen LogP contribution in [0.4, 0.5) is 5.82 Å². The van der Waals surface area contributed by atoms with E-state index in [0.29, 0.717) is 18.8 Å². The number of fused-ring (bicyclic) bond motifs is 1. The summed E-state index contributed by atoms with van der Waals surface area (Å²) in [5.41, 5.74) is 4.38. The molecule has 0 saturated heterocycles. The number of hydrogen-bond acceptors (Lipinski definition) is 7. The van der Waals surface area contributed by atoms with E-state index in [2.05, 4.69) is 25.2 Å². The van der Waals surface area contributed by atoms with Crippen LogP contribution in [0.1, 0.15) is 21.7 Å². The first-order valence-electron chi connectivity index (χ1n) is 8.04. The third-order valence-corrected chi connectivity index (χ3v) is 4.66. The van der Waals surface area contributed by atoms with Crippen LogP contribution in [0.15, 0.2) is 17.2 Å². The fourth-order valence-corrected chi connectivity index (χ4v) is 3.29. The molecule has 2 aromatic rings. The van der Waals surface area contributed by atoms with Crippen LogP contribution < -0.4 is 5.32 Å². The van der Waals surface area contributed by atoms with Crippen molar-refractivity contribution in [1.82, 2.24) is 24.8 Å². The van der Waals surface area contributed by atoms with E-state index in [1.807, 2.05) is 19.0 Å². The molecule has 0 saturated carbocycles. The molecule has 2 aromatic heterocycles. The Balaban J connectivity index is 1.70. The second-order valence-electron chi connectivity index (χ2n) is 6.04. The number of thiazole rings is 1. The Morgan fingerprint density at radius 3 is 2.88 bits per heavy atom. The van der Waals surface area contributed by atoms with Crippen LogP contribution in [0.3, 0.4) is 0 Å². The van der Waals surface area contributed by atoms with Gasteiger partial charge in [0.05, 0.1) is 11.2 Å². The highest BCUT2D eigenvalue weighted by atomic mass is 32.1. The first-order chi connectivity index (χ1) is 11.6. The average Bonchev–Trinajstić information content (AvgIpc) is 3.01. The number of carbonyl (C=O) groups excluding carboxylic acids is 1. The van der Waals surface area contributed by atoms with Gasteiger partial charge in [0, 0.05) is 43.5 Å². The molecular weight excluding hydrogens is 324 g/mol. The van der Waals surface area contributed by atoms with E-state index >= 15 is 0 Å². The molecule has 128 valence electrons. The van der Waals surface area contributed by atoms with Crippen molar-refractivity contribution in [3.8, 4) is 0 Å². The fourth-order valence-electron chi connectivity index (χ4n) is 2.76. The Bertz CT molecular complexity index is 688. The van der Waals surface area contributed by atoms with E-state index in [1.54, 1.807) is 17.2 Å². The summed E-state index contributed by atoms with van der Waals surface area (Å²) in [5, 5.41) is 5.20. The largest absolute Gasteiger partial charge is 0.368 e. The van der Waals surface area contributed by atoms with Gasteiger partial charge in [0.15, 0.2) is 0 Å². The van der Waals surface area contributed by atoms with Crippen LogP contribution >= 0.6 is 11.3 Å². The Kier molecular flexibility index (Phi) is 5.37. The van der Waals surface area contributed by atoms with Gasteiger partial charge in [-0.25, -0.2) is 15.0 Å². The molecular formula is C16H22N6OS. The lowest BCUT2D eigenvalue weighted by Gasteiger charge is -2.18. The number of aromatic nitrogens is 3. The van der Waals surface area contributed by atoms with E-state index in [1.165, 1.54) is 11.3 Å². The van der Waals surface area contributed by atoms with Crippen LogP contribution in [0.2, 0.25) is 0 Å². The van der Waals surface area contributed by atoms with Gasteiger partial charge < -0.3 is 15.1 Å². The number of amides is 1. The quantitative estimate of drug-likeness (QED) is 0.875. The third kappa shape index (κ3) is 3.88. The lowest BCUT2D eigenvalue weighted by atomic mass is 10.1. The summed E-state index contributed by atoms with van der Waals surface area (Å²) in [7, 11) is 4.09. The molecule has 0 aromatic carbocycles. The van der Waals surface area contributed by atoms with Gasteiger partial charge in [-0.15, -0.1) is 11.3 Å². The monoisotopic (exact) mass is 346 g/mol. The zero-order valence-electron chi connectivity index (χ0n) is 14.0. The molecule has 3 heterocycles. The maximum atomic E-state index is 12.5. The highest BCUT2D eigenvalue weighted by molar-refractivity contribution is 7.07. The summed E-state index contributed by atoms with van der Waals surface area (Å²) in [6, 6.07) is 0. The van der Waals surface area contributed by atoms with Crippen molar-refractivity contribution in [3.63, 3.8) is 0 Å². The molecule has 0 fully saturated rings. The van der Waals surface area contributed by atoms with Gasteiger partial charge in [0.25, 0.3) is 5.91 Å². The summed E-state index contributed by atoms with van der Waals surface area (Å²) >= 11 is 1.44. The van der Waals surface area contributed by atoms with Gasteiger partial charge in [-0.1, -0.05) is 0 Å². The van der Waals surface area contributed by atoms with Crippen molar-refractivity contribution >= 4 is 23.1 Å². The highest BCUT2D eigenvalue weighted by Gasteiger charge is 2.23. The first-order valence-corrected chi connectivity index (χ1v) is 8.98. The van der Waals surface area contributed by atoms with E-state index in [9.17, 15) is 4.79 Å². The Hall–Kier alpha value is -2.06. The van der Waals surface area contributed by atoms with Gasteiger partial charge in [-0.3, -0.25) is 4.79 Å². The number of nitrogens with zero attached hydrogens (tertiary/aromatic N) is 5. The molecule has 1 aliphatic rings. The molecule has 0 atom stereocenters. The zero-order valence-corrected chi connectivity index (χ0v) is 14.8. The second-order valence-corrected chi connectivity index (χ2v) is 6.76. The number of carbonyl (C=O) groups is 1. The van der Waals surface area contributed by atoms with Gasteiger partial charge in [-0.2, -0.15) is 0 Å². The number of rotatable bonds is 5. The van der Waals surface area contributed by atoms with E-state index in [-0.39, 0.29) is 5.91 Å². The average molecular weight is 346 g/mol. The highest BCUT2D eigenvalue weighted by Crippen LogP contribution is 2.21. The summed E-state index contributed by atoms with van der Waals surface area (Å²) in [5.74, 6) is 0.893. The number of likely N-dealkylation sites (N-methyl/N-ethyl adjacent to an activating group) is 1. The molecule has 0 spiro atoms. The topological polar surface area (TPSA) is 74.2 Å². The molecule has 1 aliphatic heterocycles. The Morgan fingerprint density at radius 1 is 1.29 bits per heavy atom. The Labute approximate surface area is 145 Å². The molecule has 0 radical (unpaired) electrons. The van der Waals surface area contributed by atoms with E-state index in [4.69, 9.17) is 0 Å². The normalized spacial score (nSPS) is 14.4. The molecule has 0 bridgehead atoms. The van der Waals surface area contributed by atoms with Gasteiger partial charge >= 0.3 is 0 Å². The van der Waals surface area contributed by atoms with E-state index < -0.39 is 0 Å². The molecule has 3 rings (SSSR count). The smallest absolute Gasteiger partial charge is 0.273 e. The minimum Gasteiger partial charge on any atom is -0.368 e. The summed E-state index contributed by atoms with van der Waals surface area (Å²) < 4.78 is 0.